The zero-order valence-electron chi connectivity index (χ0n) is 13.7. The van der Waals surface area contributed by atoms with Crippen molar-refractivity contribution in [3.05, 3.63) is 59.8 Å². The van der Waals surface area contributed by atoms with E-state index >= 15 is 0 Å². The van der Waals surface area contributed by atoms with E-state index in [2.05, 4.69) is 50.7 Å². The lowest BCUT2D eigenvalue weighted by atomic mass is 10.1. The second-order valence-corrected chi connectivity index (χ2v) is 7.51. The molecule has 25 heavy (non-hydrogen) atoms. The lowest BCUT2D eigenvalue weighted by Gasteiger charge is -2.08. The van der Waals surface area contributed by atoms with E-state index in [1.54, 1.807) is 6.26 Å². The summed E-state index contributed by atoms with van der Waals surface area (Å²) in [6.45, 7) is 4.51. The van der Waals surface area contributed by atoms with Gasteiger partial charge in [-0.25, -0.2) is 4.98 Å². The van der Waals surface area contributed by atoms with Crippen LogP contribution in [0.2, 0.25) is 0 Å². The van der Waals surface area contributed by atoms with Crippen LogP contribution in [0.4, 0.5) is 0 Å². The van der Waals surface area contributed by atoms with Crippen molar-refractivity contribution < 1.29 is 4.42 Å². The van der Waals surface area contributed by atoms with Gasteiger partial charge in [0.15, 0.2) is 15.3 Å². The molecule has 0 spiro atoms. The topological polar surface area (TPSA) is 69.6 Å². The smallest absolute Gasteiger partial charge is 0.199 e. The summed E-state index contributed by atoms with van der Waals surface area (Å²) in [5, 5.41) is 9.55. The molecule has 0 aliphatic heterocycles. The molecule has 0 N–H and O–H groups in total. The largest absolute Gasteiger partial charge is 0.467 e. The number of nitrogens with zero attached hydrogens (tertiary/aromatic N) is 5. The predicted molar refractivity (Wildman–Crippen MR) is 96.8 cm³/mol. The number of hydrogen-bond donors (Lipinski definition) is 0. The van der Waals surface area contributed by atoms with Crippen molar-refractivity contribution >= 4 is 23.3 Å². The van der Waals surface area contributed by atoms with Crippen molar-refractivity contribution in [3.63, 3.8) is 0 Å². The first-order valence-corrected chi connectivity index (χ1v) is 9.29. The van der Waals surface area contributed by atoms with Crippen LogP contribution < -0.4 is 0 Å². The molecule has 0 saturated carbocycles. The molecule has 4 aromatic rings. The number of furan rings is 1. The van der Waals surface area contributed by atoms with Crippen molar-refractivity contribution in [1.29, 1.82) is 0 Å². The van der Waals surface area contributed by atoms with E-state index in [1.807, 2.05) is 23.6 Å². The van der Waals surface area contributed by atoms with Gasteiger partial charge in [0.25, 0.3) is 0 Å². The molecular formula is C17H15N5OS2. The van der Waals surface area contributed by atoms with Gasteiger partial charge in [-0.1, -0.05) is 29.8 Å². The zero-order valence-corrected chi connectivity index (χ0v) is 15.3. The minimum atomic E-state index is 0.559. The van der Waals surface area contributed by atoms with Gasteiger partial charge in [-0.2, -0.15) is 4.37 Å². The van der Waals surface area contributed by atoms with Gasteiger partial charge in [-0.15, -0.1) is 10.2 Å². The minimum Gasteiger partial charge on any atom is -0.467 e. The normalized spacial score (nSPS) is 11.1. The van der Waals surface area contributed by atoms with Crippen LogP contribution in [-0.4, -0.2) is 24.1 Å². The molecule has 0 saturated heterocycles. The summed E-state index contributed by atoms with van der Waals surface area (Å²) >= 11 is 2.83. The van der Waals surface area contributed by atoms with E-state index in [4.69, 9.17) is 4.42 Å². The van der Waals surface area contributed by atoms with Crippen LogP contribution in [0.25, 0.3) is 11.4 Å². The van der Waals surface area contributed by atoms with E-state index in [0.29, 0.717) is 6.54 Å². The number of rotatable bonds is 5. The van der Waals surface area contributed by atoms with Crippen molar-refractivity contribution in [2.24, 2.45) is 0 Å². The van der Waals surface area contributed by atoms with Crippen LogP contribution in [0.15, 0.2) is 56.6 Å². The summed E-state index contributed by atoms with van der Waals surface area (Å²) in [6.07, 6.45) is 1.67. The Morgan fingerprint density at radius 3 is 2.64 bits per heavy atom. The van der Waals surface area contributed by atoms with Crippen LogP contribution in [0.1, 0.15) is 17.1 Å². The summed E-state index contributed by atoms with van der Waals surface area (Å²) in [7, 11) is 0. The SMILES string of the molecule is Cc1ccc(-c2nnc(Sc3nc(C)ns3)n2Cc2ccco2)cc1. The van der Waals surface area contributed by atoms with Crippen LogP contribution in [0.3, 0.4) is 0 Å². The Hall–Kier alpha value is -2.45. The van der Waals surface area contributed by atoms with Crippen molar-refractivity contribution in [3.8, 4) is 11.4 Å². The zero-order chi connectivity index (χ0) is 17.2. The van der Waals surface area contributed by atoms with Crippen molar-refractivity contribution in [1.82, 2.24) is 24.1 Å². The highest BCUT2D eigenvalue weighted by Crippen LogP contribution is 2.31. The maximum atomic E-state index is 5.52. The highest BCUT2D eigenvalue weighted by atomic mass is 32.2. The third-order valence-electron chi connectivity index (χ3n) is 3.61. The first-order chi connectivity index (χ1) is 12.2. The number of hydrogen-bond acceptors (Lipinski definition) is 7. The standard InChI is InChI=1S/C17H15N5OS2/c1-11-5-7-13(8-6-11)15-19-20-16(24-17-18-12(2)21-25-17)22(15)10-14-4-3-9-23-14/h3-9H,10H2,1-2H3. The lowest BCUT2D eigenvalue weighted by Crippen LogP contribution is -2.03. The number of aryl methyl sites for hydroxylation is 2. The summed E-state index contributed by atoms with van der Waals surface area (Å²) in [6, 6.07) is 12.1. The molecule has 0 aliphatic rings. The fourth-order valence-corrected chi connectivity index (χ4v) is 3.96. The molecule has 0 amide bonds. The Bertz CT molecular complexity index is 973. The molecule has 4 rings (SSSR count). The van der Waals surface area contributed by atoms with Gasteiger partial charge in [0.1, 0.15) is 11.6 Å². The van der Waals surface area contributed by atoms with Gasteiger partial charge in [-0.3, -0.25) is 4.57 Å². The van der Waals surface area contributed by atoms with Gasteiger partial charge in [0.05, 0.1) is 12.8 Å². The van der Waals surface area contributed by atoms with Crippen molar-refractivity contribution in [2.45, 2.75) is 29.9 Å². The molecule has 0 radical (unpaired) electrons. The number of aromatic nitrogens is 5. The Morgan fingerprint density at radius 1 is 1.12 bits per heavy atom. The highest BCUT2D eigenvalue weighted by Gasteiger charge is 2.17. The molecule has 1 aromatic carbocycles. The summed E-state index contributed by atoms with van der Waals surface area (Å²) in [5.41, 5.74) is 2.23. The van der Waals surface area contributed by atoms with Crippen LogP contribution in [-0.2, 0) is 6.54 Å². The Morgan fingerprint density at radius 2 is 1.96 bits per heavy atom. The fraction of sp³-hybridized carbons (Fsp3) is 0.176. The maximum absolute atomic E-state index is 5.52. The molecule has 0 unspecified atom stereocenters. The first kappa shape index (κ1) is 16.0. The molecule has 0 aliphatic carbocycles. The predicted octanol–water partition coefficient (Wildman–Crippen LogP) is 4.21. The third-order valence-corrected chi connectivity index (χ3v) is 5.44. The molecule has 6 nitrogen and oxygen atoms in total. The quantitative estimate of drug-likeness (QED) is 0.525. The molecule has 126 valence electrons. The molecule has 0 atom stereocenters. The molecular weight excluding hydrogens is 354 g/mol. The Kier molecular flexibility index (Phi) is 4.37. The Labute approximate surface area is 153 Å². The van der Waals surface area contributed by atoms with Crippen LogP contribution in [0, 0.1) is 13.8 Å². The maximum Gasteiger partial charge on any atom is 0.199 e. The number of benzene rings is 1. The van der Waals surface area contributed by atoms with Gasteiger partial charge < -0.3 is 4.42 Å². The van der Waals surface area contributed by atoms with Gasteiger partial charge in [0.2, 0.25) is 0 Å². The molecule has 0 bridgehead atoms. The minimum absolute atomic E-state index is 0.559. The van der Waals surface area contributed by atoms with E-state index < -0.39 is 0 Å². The average molecular weight is 369 g/mol. The fourth-order valence-electron chi connectivity index (χ4n) is 2.38. The molecule has 3 heterocycles. The average Bonchev–Trinajstić information content (AvgIpc) is 3.33. The molecule has 3 aromatic heterocycles. The highest BCUT2D eigenvalue weighted by molar-refractivity contribution is 8.00. The van der Waals surface area contributed by atoms with E-state index in [9.17, 15) is 0 Å². The van der Waals surface area contributed by atoms with Gasteiger partial charge >= 0.3 is 0 Å². The van der Waals surface area contributed by atoms with Crippen LogP contribution in [0.5, 0.6) is 0 Å². The first-order valence-electron chi connectivity index (χ1n) is 7.70. The van der Waals surface area contributed by atoms with E-state index in [1.165, 1.54) is 28.9 Å². The lowest BCUT2D eigenvalue weighted by molar-refractivity contribution is 0.485. The second kappa shape index (κ2) is 6.81. The van der Waals surface area contributed by atoms with E-state index in [-0.39, 0.29) is 0 Å². The van der Waals surface area contributed by atoms with Crippen molar-refractivity contribution in [2.75, 3.05) is 0 Å². The van der Waals surface area contributed by atoms with E-state index in [0.717, 1.165) is 32.5 Å². The second-order valence-electron chi connectivity index (χ2n) is 5.55. The molecule has 8 heteroatoms. The van der Waals surface area contributed by atoms with Gasteiger partial charge in [-0.05, 0) is 49.3 Å². The Balaban J connectivity index is 1.74. The van der Waals surface area contributed by atoms with Crippen LogP contribution >= 0.6 is 23.3 Å². The third kappa shape index (κ3) is 3.49. The van der Waals surface area contributed by atoms with Gasteiger partial charge in [0, 0.05) is 5.56 Å². The molecule has 0 fully saturated rings. The monoisotopic (exact) mass is 369 g/mol. The summed E-state index contributed by atoms with van der Waals surface area (Å²) in [5.74, 6) is 2.42. The summed E-state index contributed by atoms with van der Waals surface area (Å²) < 4.78 is 12.6. The summed E-state index contributed by atoms with van der Waals surface area (Å²) in [4.78, 5) is 4.40.